The Labute approximate surface area is 194 Å². The Morgan fingerprint density at radius 2 is 2.06 bits per heavy atom. The Morgan fingerprint density at radius 3 is 2.75 bits per heavy atom. The van der Waals surface area contributed by atoms with Gasteiger partial charge >= 0.3 is 0 Å². The lowest BCUT2D eigenvalue weighted by Crippen LogP contribution is -2.22. The van der Waals surface area contributed by atoms with Gasteiger partial charge in [0.1, 0.15) is 5.69 Å². The number of pyridine rings is 1. The first-order chi connectivity index (χ1) is 15.1. The van der Waals surface area contributed by atoms with Crippen LogP contribution in [-0.2, 0) is 10.2 Å². The van der Waals surface area contributed by atoms with E-state index in [-0.39, 0.29) is 33.6 Å². The normalized spacial score (nSPS) is 17.3. The van der Waals surface area contributed by atoms with E-state index < -0.39 is 5.92 Å². The number of hydrogen-bond donors (Lipinski definition) is 4. The number of aliphatic hydroxyl groups is 1. The zero-order valence-electron chi connectivity index (χ0n) is 17.6. The van der Waals surface area contributed by atoms with Crippen LogP contribution in [0.4, 0.5) is 5.69 Å². The lowest BCUT2D eigenvalue weighted by atomic mass is 9.88. The van der Waals surface area contributed by atoms with Crippen molar-refractivity contribution in [3.8, 4) is 0 Å². The van der Waals surface area contributed by atoms with Crippen LogP contribution in [0.5, 0.6) is 0 Å². The van der Waals surface area contributed by atoms with E-state index >= 15 is 0 Å². The minimum atomic E-state index is -0.438. The summed E-state index contributed by atoms with van der Waals surface area (Å²) in [5.74, 6) is -0.842. The number of anilines is 1. The number of nitrogens with zero attached hydrogens (tertiary/aromatic N) is 4. The smallest absolute Gasteiger partial charge is 0.232 e. The van der Waals surface area contributed by atoms with Gasteiger partial charge in [0.25, 0.3) is 0 Å². The first-order valence-electron chi connectivity index (χ1n) is 9.79. The number of amides is 1. The fourth-order valence-corrected chi connectivity index (χ4v) is 4.45. The van der Waals surface area contributed by atoms with Crippen LogP contribution < -0.4 is 10.6 Å². The predicted octanol–water partition coefficient (Wildman–Crippen LogP) is 3.82. The van der Waals surface area contributed by atoms with Gasteiger partial charge in [0.2, 0.25) is 5.91 Å². The number of aromatic nitrogens is 4. The highest BCUT2D eigenvalue weighted by Crippen LogP contribution is 2.46. The summed E-state index contributed by atoms with van der Waals surface area (Å²) in [4.78, 5) is 21.7. The van der Waals surface area contributed by atoms with Gasteiger partial charge in [0.15, 0.2) is 16.7 Å². The predicted molar refractivity (Wildman–Crippen MR) is 123 cm³/mol. The molecule has 1 amide bonds. The molecule has 0 spiro atoms. The molecule has 9 nitrogen and oxygen atoms in total. The van der Waals surface area contributed by atoms with E-state index in [1.165, 1.54) is 25.4 Å². The third-order valence-corrected chi connectivity index (χ3v) is 5.90. The molecule has 3 heterocycles. The third-order valence-electron chi connectivity index (χ3n) is 5.43. The highest BCUT2D eigenvalue weighted by atomic mass is 35.5. The fraction of sp³-hybridized carbons (Fsp3) is 0.286. The molecule has 0 radical (unpaired) electrons. The molecular formula is C21H21Cl2N7O2. The Hall–Kier alpha value is -3.17. The van der Waals surface area contributed by atoms with Crippen LogP contribution in [0.25, 0.3) is 5.65 Å². The van der Waals surface area contributed by atoms with Gasteiger partial charge in [-0.25, -0.2) is 9.50 Å². The largest absolute Gasteiger partial charge is 0.495 e. The zero-order chi connectivity index (χ0) is 23.2. The van der Waals surface area contributed by atoms with Crippen molar-refractivity contribution in [3.63, 3.8) is 0 Å². The van der Waals surface area contributed by atoms with E-state index in [4.69, 9.17) is 28.6 Å². The second kappa shape index (κ2) is 8.07. The van der Waals surface area contributed by atoms with E-state index in [0.717, 1.165) is 11.3 Å². The number of aliphatic hydroxyl groups excluding tert-OH is 1. The molecule has 32 heavy (non-hydrogen) atoms. The minimum absolute atomic E-state index is 0.0702. The summed E-state index contributed by atoms with van der Waals surface area (Å²) in [6, 6.07) is 3.21. The van der Waals surface area contributed by atoms with Crippen LogP contribution in [0.15, 0.2) is 36.5 Å². The summed E-state index contributed by atoms with van der Waals surface area (Å²) < 4.78 is 1.71. The van der Waals surface area contributed by atoms with E-state index in [1.807, 2.05) is 0 Å². The molecule has 0 fully saturated rings. The van der Waals surface area contributed by atoms with Crippen molar-refractivity contribution in [2.45, 2.75) is 31.6 Å². The van der Waals surface area contributed by atoms with Gasteiger partial charge in [-0.05, 0) is 12.5 Å². The van der Waals surface area contributed by atoms with Gasteiger partial charge in [-0.1, -0.05) is 37.0 Å². The Bertz CT molecular complexity index is 1280. The molecule has 0 saturated heterocycles. The average Bonchev–Trinajstić information content (AvgIpc) is 3.23. The molecule has 1 unspecified atom stereocenters. The fourth-order valence-electron chi connectivity index (χ4n) is 4.01. The summed E-state index contributed by atoms with van der Waals surface area (Å²) in [6.07, 6.45) is 4.90. The second-order valence-electron chi connectivity index (χ2n) is 8.18. The van der Waals surface area contributed by atoms with E-state index in [9.17, 15) is 9.90 Å². The monoisotopic (exact) mass is 473 g/mol. The molecule has 3 aromatic heterocycles. The van der Waals surface area contributed by atoms with Crippen LogP contribution in [0.1, 0.15) is 43.1 Å². The van der Waals surface area contributed by atoms with E-state index in [1.54, 1.807) is 16.8 Å². The Balaban J connectivity index is 1.60. The van der Waals surface area contributed by atoms with Crippen molar-refractivity contribution in [2.24, 2.45) is 0 Å². The number of allylic oxidation sites excluding steroid dienone is 1. The van der Waals surface area contributed by atoms with Crippen LogP contribution in [0.2, 0.25) is 10.2 Å². The topological polar surface area (TPSA) is 128 Å². The number of rotatable bonds is 5. The summed E-state index contributed by atoms with van der Waals surface area (Å²) >= 11 is 12.3. The first-order valence-corrected chi connectivity index (χ1v) is 10.5. The third kappa shape index (κ3) is 3.89. The van der Waals surface area contributed by atoms with Crippen LogP contribution in [0, 0.1) is 5.41 Å². The van der Waals surface area contributed by atoms with Gasteiger partial charge in [-0.2, -0.15) is 5.10 Å². The van der Waals surface area contributed by atoms with Gasteiger partial charge in [0, 0.05) is 36.4 Å². The standard InChI is InChI=1S/C21H21Cl2N7O2/c1-21(2)7-11(12-9-26-16-6-15(23)29-30(16)19(12)21)20(32)28-10-4-13(22)18(27-8-10)14(24)5-17(31)25-3/h4-6,8-9,11,24-25,31H,7H2,1-3H3,(H,28,32)/b17-5+,24-14?. The number of halogens is 2. The van der Waals surface area contributed by atoms with Crippen LogP contribution in [0.3, 0.4) is 0 Å². The zero-order valence-corrected chi connectivity index (χ0v) is 19.1. The lowest BCUT2D eigenvalue weighted by molar-refractivity contribution is -0.117. The van der Waals surface area contributed by atoms with Crippen molar-refractivity contribution in [1.82, 2.24) is 24.9 Å². The molecule has 4 N–H and O–H groups in total. The van der Waals surface area contributed by atoms with E-state index in [0.29, 0.717) is 22.9 Å². The van der Waals surface area contributed by atoms with E-state index in [2.05, 4.69) is 39.5 Å². The van der Waals surface area contributed by atoms with Gasteiger partial charge in [-0.3, -0.25) is 15.2 Å². The lowest BCUT2D eigenvalue weighted by Gasteiger charge is -2.19. The molecule has 166 valence electrons. The van der Waals surface area contributed by atoms with Gasteiger partial charge in [-0.15, -0.1) is 0 Å². The number of nitrogens with one attached hydrogen (secondary N) is 3. The Kier molecular flexibility index (Phi) is 5.56. The highest BCUT2D eigenvalue weighted by molar-refractivity contribution is 6.34. The summed E-state index contributed by atoms with van der Waals surface area (Å²) in [5.41, 5.74) is 2.54. The summed E-state index contributed by atoms with van der Waals surface area (Å²) in [6.45, 7) is 4.11. The molecule has 11 heteroatoms. The van der Waals surface area contributed by atoms with Crippen molar-refractivity contribution in [1.29, 1.82) is 5.41 Å². The molecular weight excluding hydrogens is 453 g/mol. The summed E-state index contributed by atoms with van der Waals surface area (Å²) in [5, 5.41) is 27.8. The molecule has 3 aromatic rings. The number of carbonyl (C=O) groups excluding carboxylic acids is 1. The first kappa shape index (κ1) is 22.0. The average molecular weight is 474 g/mol. The molecule has 0 saturated carbocycles. The second-order valence-corrected chi connectivity index (χ2v) is 8.97. The van der Waals surface area contributed by atoms with Crippen LogP contribution in [-0.4, -0.2) is 43.4 Å². The molecule has 1 aliphatic rings. The summed E-state index contributed by atoms with van der Waals surface area (Å²) in [7, 11) is 1.52. The number of hydrogen-bond acceptors (Lipinski definition) is 7. The van der Waals surface area contributed by atoms with Crippen molar-refractivity contribution < 1.29 is 9.90 Å². The molecule has 0 aromatic carbocycles. The Morgan fingerprint density at radius 1 is 1.31 bits per heavy atom. The molecule has 1 atom stereocenters. The molecule has 4 rings (SSSR count). The number of fused-ring (bicyclic) bond motifs is 3. The van der Waals surface area contributed by atoms with Crippen molar-refractivity contribution in [2.75, 3.05) is 12.4 Å². The van der Waals surface area contributed by atoms with Crippen LogP contribution >= 0.6 is 23.2 Å². The maximum Gasteiger partial charge on any atom is 0.232 e. The SMILES string of the molecule is CN/C(O)=C\C(=N)c1ncc(NC(=O)C2CC(C)(C)c3c2cnc2cc(Cl)nn32)cc1Cl. The highest BCUT2D eigenvalue weighted by Gasteiger charge is 2.43. The quantitative estimate of drug-likeness (QED) is 0.329. The van der Waals surface area contributed by atoms with Gasteiger partial charge < -0.3 is 15.7 Å². The minimum Gasteiger partial charge on any atom is -0.495 e. The maximum atomic E-state index is 13.2. The van der Waals surface area contributed by atoms with Gasteiger partial charge in [0.05, 0.1) is 34.2 Å². The molecule has 1 aliphatic carbocycles. The number of carbonyl (C=O) groups is 1. The van der Waals surface area contributed by atoms with Crippen molar-refractivity contribution >= 4 is 46.2 Å². The maximum absolute atomic E-state index is 13.2. The molecule has 0 aliphatic heterocycles. The van der Waals surface area contributed by atoms with Crippen molar-refractivity contribution in [3.05, 3.63) is 63.6 Å². The molecule has 0 bridgehead atoms.